The average molecular weight is 307 g/mol. The van der Waals surface area contributed by atoms with Crippen LogP contribution in [-0.2, 0) is 4.79 Å². The molecular formula is C18H17N3O2. The number of benzene rings is 2. The van der Waals surface area contributed by atoms with E-state index in [4.69, 9.17) is 0 Å². The summed E-state index contributed by atoms with van der Waals surface area (Å²) in [5.74, 6) is 0. The molecule has 1 heterocycles. The fourth-order valence-electron chi connectivity index (χ4n) is 2.70. The van der Waals surface area contributed by atoms with Crippen LogP contribution in [0.25, 0.3) is 11.4 Å². The van der Waals surface area contributed by atoms with E-state index in [1.165, 1.54) is 0 Å². The van der Waals surface area contributed by atoms with Crippen LogP contribution < -0.4 is 10.9 Å². The number of hydrogen-bond donors (Lipinski definition) is 1. The minimum atomic E-state index is -0.262. The van der Waals surface area contributed by atoms with E-state index < -0.39 is 0 Å². The highest BCUT2D eigenvalue weighted by atomic mass is 16.1. The van der Waals surface area contributed by atoms with Crippen LogP contribution in [-0.4, -0.2) is 15.8 Å². The van der Waals surface area contributed by atoms with Crippen molar-refractivity contribution in [3.8, 4) is 11.4 Å². The van der Waals surface area contributed by atoms with Gasteiger partial charge in [-0.05, 0) is 43.7 Å². The van der Waals surface area contributed by atoms with Crippen molar-refractivity contribution in [2.45, 2.75) is 13.8 Å². The number of rotatable bonds is 4. The van der Waals surface area contributed by atoms with Crippen molar-refractivity contribution >= 4 is 12.1 Å². The Hall–Kier alpha value is -3.08. The highest BCUT2D eigenvalue weighted by Gasteiger charge is 2.19. The lowest BCUT2D eigenvalue weighted by molar-refractivity contribution is -0.105. The van der Waals surface area contributed by atoms with Crippen LogP contribution in [0.15, 0.2) is 59.4 Å². The first kappa shape index (κ1) is 14.8. The van der Waals surface area contributed by atoms with Gasteiger partial charge in [0.05, 0.1) is 17.1 Å². The summed E-state index contributed by atoms with van der Waals surface area (Å²) in [4.78, 5) is 23.6. The Balaban J connectivity index is 2.36. The summed E-state index contributed by atoms with van der Waals surface area (Å²) in [6.45, 7) is 3.81. The molecule has 0 radical (unpaired) electrons. The van der Waals surface area contributed by atoms with E-state index in [9.17, 15) is 9.59 Å². The van der Waals surface area contributed by atoms with E-state index in [2.05, 4.69) is 5.32 Å². The van der Waals surface area contributed by atoms with Crippen LogP contribution in [0.4, 0.5) is 5.69 Å². The quantitative estimate of drug-likeness (QED) is 0.754. The summed E-state index contributed by atoms with van der Waals surface area (Å²) in [5.41, 5.74) is 3.39. The number of nitrogens with one attached hydrogen (secondary N) is 1. The molecule has 3 aromatic rings. The van der Waals surface area contributed by atoms with Gasteiger partial charge in [0.2, 0.25) is 6.41 Å². The fourth-order valence-corrected chi connectivity index (χ4v) is 2.70. The van der Waals surface area contributed by atoms with Gasteiger partial charge in [-0.2, -0.15) is 0 Å². The van der Waals surface area contributed by atoms with Crippen LogP contribution in [0.2, 0.25) is 0 Å². The zero-order valence-corrected chi connectivity index (χ0v) is 13.0. The molecule has 1 aromatic heterocycles. The van der Waals surface area contributed by atoms with Crippen molar-refractivity contribution in [3.63, 3.8) is 0 Å². The van der Waals surface area contributed by atoms with E-state index in [1.54, 1.807) is 4.68 Å². The van der Waals surface area contributed by atoms with Crippen molar-refractivity contribution in [1.82, 2.24) is 9.36 Å². The maximum atomic E-state index is 12.8. The van der Waals surface area contributed by atoms with Crippen LogP contribution in [0.5, 0.6) is 0 Å². The average Bonchev–Trinajstić information content (AvgIpc) is 2.80. The minimum Gasteiger partial charge on any atom is -0.323 e. The third-order valence-electron chi connectivity index (χ3n) is 3.74. The van der Waals surface area contributed by atoms with Crippen molar-refractivity contribution < 1.29 is 4.79 Å². The van der Waals surface area contributed by atoms with Crippen LogP contribution >= 0.6 is 0 Å². The van der Waals surface area contributed by atoms with E-state index in [0.29, 0.717) is 12.1 Å². The summed E-state index contributed by atoms with van der Waals surface area (Å²) >= 11 is 0. The molecule has 0 atom stereocenters. The summed E-state index contributed by atoms with van der Waals surface area (Å²) in [6.07, 6.45) is 0.527. The molecule has 0 aliphatic rings. The lowest BCUT2D eigenvalue weighted by Gasteiger charge is -2.14. The topological polar surface area (TPSA) is 56.0 Å². The summed E-state index contributed by atoms with van der Waals surface area (Å²) in [6, 6.07) is 17.2. The third kappa shape index (κ3) is 2.57. The summed E-state index contributed by atoms with van der Waals surface area (Å²) in [7, 11) is 0. The van der Waals surface area contributed by atoms with Gasteiger partial charge in [0.15, 0.2) is 0 Å². The molecule has 0 saturated heterocycles. The normalized spacial score (nSPS) is 10.5. The first-order valence-electron chi connectivity index (χ1n) is 7.30. The van der Waals surface area contributed by atoms with Gasteiger partial charge in [0.25, 0.3) is 5.56 Å². The Morgan fingerprint density at radius 2 is 1.61 bits per heavy atom. The molecule has 23 heavy (non-hydrogen) atoms. The zero-order valence-electron chi connectivity index (χ0n) is 13.0. The maximum absolute atomic E-state index is 12.8. The van der Waals surface area contributed by atoms with E-state index in [0.717, 1.165) is 16.9 Å². The molecule has 0 aliphatic heterocycles. The molecule has 5 nitrogen and oxygen atoms in total. The minimum absolute atomic E-state index is 0.262. The number of amides is 1. The number of aromatic nitrogens is 2. The molecule has 5 heteroatoms. The van der Waals surface area contributed by atoms with Crippen molar-refractivity contribution in [1.29, 1.82) is 0 Å². The van der Waals surface area contributed by atoms with Gasteiger partial charge in [-0.1, -0.05) is 30.3 Å². The largest absolute Gasteiger partial charge is 0.323 e. The van der Waals surface area contributed by atoms with Crippen molar-refractivity contribution in [3.05, 3.63) is 76.2 Å². The standard InChI is InChI=1S/C18H17N3O2/c1-13-7-6-10-16(11-13)20-14(2)17(19-12-22)18(23)21(20)15-8-4-3-5-9-15/h3-12H,1-2H3,(H,19,22). The second-order valence-electron chi connectivity index (χ2n) is 5.33. The molecule has 0 unspecified atom stereocenters. The van der Waals surface area contributed by atoms with E-state index >= 15 is 0 Å². The van der Waals surface area contributed by atoms with E-state index in [-0.39, 0.29) is 11.2 Å². The number of hydrogen-bond acceptors (Lipinski definition) is 2. The summed E-state index contributed by atoms with van der Waals surface area (Å²) < 4.78 is 3.38. The SMILES string of the molecule is Cc1cccc(-n2c(C)c(NC=O)c(=O)n2-c2ccccc2)c1. The lowest BCUT2D eigenvalue weighted by Crippen LogP contribution is -2.21. The zero-order chi connectivity index (χ0) is 16.4. The molecule has 2 aromatic carbocycles. The number of anilines is 1. The highest BCUT2D eigenvalue weighted by Crippen LogP contribution is 2.20. The Morgan fingerprint density at radius 3 is 2.26 bits per heavy atom. The monoisotopic (exact) mass is 307 g/mol. The first-order valence-corrected chi connectivity index (χ1v) is 7.30. The van der Waals surface area contributed by atoms with Crippen molar-refractivity contribution in [2.24, 2.45) is 0 Å². The van der Waals surface area contributed by atoms with Gasteiger partial charge in [-0.3, -0.25) is 9.59 Å². The molecule has 0 spiro atoms. The van der Waals surface area contributed by atoms with Crippen LogP contribution in [0, 0.1) is 13.8 Å². The molecular weight excluding hydrogens is 290 g/mol. The van der Waals surface area contributed by atoms with Crippen molar-refractivity contribution in [2.75, 3.05) is 5.32 Å². The third-order valence-corrected chi connectivity index (χ3v) is 3.74. The van der Waals surface area contributed by atoms with Gasteiger partial charge in [-0.15, -0.1) is 0 Å². The second-order valence-corrected chi connectivity index (χ2v) is 5.33. The van der Waals surface area contributed by atoms with Gasteiger partial charge < -0.3 is 5.32 Å². The predicted molar refractivity (Wildman–Crippen MR) is 90.5 cm³/mol. The Bertz CT molecular complexity index is 908. The van der Waals surface area contributed by atoms with Gasteiger partial charge in [0, 0.05) is 0 Å². The molecule has 0 saturated carbocycles. The molecule has 1 N–H and O–H groups in total. The van der Waals surface area contributed by atoms with Gasteiger partial charge >= 0.3 is 0 Å². The first-order chi connectivity index (χ1) is 11.1. The number of aryl methyl sites for hydroxylation is 1. The fraction of sp³-hybridized carbons (Fsp3) is 0.111. The Labute approximate surface area is 133 Å². The highest BCUT2D eigenvalue weighted by molar-refractivity contribution is 5.73. The number of nitrogens with zero attached hydrogens (tertiary/aromatic N) is 2. The molecule has 1 amide bonds. The van der Waals surface area contributed by atoms with Crippen LogP contribution in [0.1, 0.15) is 11.3 Å². The molecule has 0 fully saturated rings. The lowest BCUT2D eigenvalue weighted by atomic mass is 10.2. The Kier molecular flexibility index (Phi) is 3.85. The van der Waals surface area contributed by atoms with Gasteiger partial charge in [0.1, 0.15) is 5.69 Å². The predicted octanol–water partition coefficient (Wildman–Crippen LogP) is 2.81. The smallest absolute Gasteiger partial charge is 0.295 e. The van der Waals surface area contributed by atoms with Gasteiger partial charge in [-0.25, -0.2) is 9.36 Å². The molecule has 3 rings (SSSR count). The van der Waals surface area contributed by atoms with E-state index in [1.807, 2.05) is 73.1 Å². The second kappa shape index (κ2) is 5.96. The molecule has 0 bridgehead atoms. The molecule has 0 aliphatic carbocycles. The summed E-state index contributed by atoms with van der Waals surface area (Å²) in [5, 5.41) is 2.52. The Morgan fingerprint density at radius 1 is 0.913 bits per heavy atom. The van der Waals surface area contributed by atoms with Crippen LogP contribution in [0.3, 0.4) is 0 Å². The number of carbonyl (C=O) groups excluding carboxylic acids is 1. The number of para-hydroxylation sites is 1. The maximum Gasteiger partial charge on any atom is 0.295 e. The number of carbonyl (C=O) groups is 1. The molecule has 116 valence electrons.